The van der Waals surface area contributed by atoms with Crippen molar-refractivity contribution in [3.8, 4) is 0 Å². The quantitative estimate of drug-likeness (QED) is 0.210. The van der Waals surface area contributed by atoms with Gasteiger partial charge in [-0.3, -0.25) is 34.4 Å². The van der Waals surface area contributed by atoms with E-state index in [-0.39, 0.29) is 11.8 Å². The molecule has 5 N–H and O–H groups in total. The Morgan fingerprint density at radius 3 is 2.27 bits per heavy atom. The first-order valence-corrected chi connectivity index (χ1v) is 17.4. The van der Waals surface area contributed by atoms with Crippen molar-refractivity contribution in [2.45, 2.75) is 72.6 Å². The van der Waals surface area contributed by atoms with Crippen LogP contribution in [0.3, 0.4) is 0 Å². The lowest BCUT2D eigenvalue weighted by Gasteiger charge is -2.14. The first-order chi connectivity index (χ1) is 24.7. The number of benzene rings is 2. The number of imidazole rings is 2. The number of aryl methyl sites for hydroxylation is 4. The van der Waals surface area contributed by atoms with Crippen LogP contribution in [-0.4, -0.2) is 69.5 Å². The molecule has 0 atom stereocenters. The number of hydrogen-bond donors (Lipinski definition) is 4. The fourth-order valence-electron chi connectivity index (χ4n) is 6.87. The highest BCUT2D eigenvalue weighted by molar-refractivity contribution is 6.05. The summed E-state index contributed by atoms with van der Waals surface area (Å²) in [5, 5.41) is 18.9. The number of fused-ring (bicyclic) bond motifs is 8. The largest absolute Gasteiger partial charge is 0.366 e. The number of amides is 3. The molecule has 0 radical (unpaired) electrons. The van der Waals surface area contributed by atoms with Gasteiger partial charge in [-0.05, 0) is 76.4 Å². The summed E-state index contributed by atoms with van der Waals surface area (Å²) in [4.78, 5) is 49.2. The van der Waals surface area contributed by atoms with Crippen molar-refractivity contribution in [2.75, 3.05) is 23.7 Å². The molecule has 15 nitrogen and oxygen atoms in total. The third-order valence-electron chi connectivity index (χ3n) is 9.36. The molecule has 6 aromatic rings. The minimum atomic E-state index is -0.552. The summed E-state index contributed by atoms with van der Waals surface area (Å²) in [6.45, 7) is 8.99. The number of hydrogen-bond acceptors (Lipinski definition) is 8. The van der Waals surface area contributed by atoms with Crippen molar-refractivity contribution in [3.05, 3.63) is 82.4 Å². The summed E-state index contributed by atoms with van der Waals surface area (Å²) in [5.41, 5.74) is 12.4. The van der Waals surface area contributed by atoms with Gasteiger partial charge in [0.25, 0.3) is 11.8 Å². The second kappa shape index (κ2) is 14.2. The van der Waals surface area contributed by atoms with Gasteiger partial charge in [0.05, 0.1) is 33.5 Å². The van der Waals surface area contributed by atoms with Crippen molar-refractivity contribution in [1.29, 1.82) is 0 Å². The maximum atomic E-state index is 14.1. The van der Waals surface area contributed by atoms with Gasteiger partial charge in [0.15, 0.2) is 0 Å². The number of rotatable bonds is 2. The van der Waals surface area contributed by atoms with Gasteiger partial charge in [0, 0.05) is 50.4 Å². The third kappa shape index (κ3) is 6.71. The van der Waals surface area contributed by atoms with Crippen LogP contribution in [0.4, 0.5) is 11.9 Å². The summed E-state index contributed by atoms with van der Waals surface area (Å²) in [5.74, 6) is -0.284. The second-order valence-electron chi connectivity index (χ2n) is 12.8. The Balaban J connectivity index is 1.23. The number of nitrogens with one attached hydrogen (secondary N) is 3. The number of anilines is 2. The molecule has 0 saturated heterocycles. The van der Waals surface area contributed by atoms with Crippen molar-refractivity contribution in [3.63, 3.8) is 0 Å². The zero-order valence-corrected chi connectivity index (χ0v) is 29.1. The van der Waals surface area contributed by atoms with Crippen LogP contribution in [0.5, 0.6) is 0 Å². The molecule has 1 aliphatic rings. The van der Waals surface area contributed by atoms with Gasteiger partial charge >= 0.3 is 0 Å². The molecular weight excluding hydrogens is 648 g/mol. The molecule has 3 amide bonds. The van der Waals surface area contributed by atoms with Crippen molar-refractivity contribution < 1.29 is 14.4 Å². The Kier molecular flexibility index (Phi) is 9.36. The number of carbonyl (C=O) groups excluding carboxylic acids is 3. The van der Waals surface area contributed by atoms with Crippen LogP contribution in [0.25, 0.3) is 22.1 Å². The minimum Gasteiger partial charge on any atom is -0.366 e. The second-order valence-corrected chi connectivity index (χ2v) is 12.8. The topological polar surface area (TPSA) is 185 Å². The number of carbonyl (C=O) groups is 3. The van der Waals surface area contributed by atoms with Crippen molar-refractivity contribution >= 4 is 51.7 Å². The standard InChI is InChI=1S/C36H42N12O3/c1-4-47-31-25(23(3)44-47)10-6-5-9-17-48-30(20-22(2)43-48)33(50)41-35-39-26-11-7-8-12-28(26)45(35)18-15-38-16-19-46-29-14-13-24(32(37)49)21-27(29)40-36(46)42-34(31)51/h7-8,11-14,20-21,38H,4-6,9-10,15-19H2,1-3H3,(H2,37,49)(H,39,41,50)(H,40,42,51). The Labute approximate surface area is 294 Å². The maximum Gasteiger partial charge on any atom is 0.276 e. The molecule has 0 aliphatic carbocycles. The lowest BCUT2D eigenvalue weighted by atomic mass is 10.0. The van der Waals surface area contributed by atoms with Crippen LogP contribution in [0.15, 0.2) is 48.5 Å². The fourth-order valence-corrected chi connectivity index (χ4v) is 6.87. The maximum absolute atomic E-state index is 14.1. The summed E-state index contributed by atoms with van der Waals surface area (Å²) < 4.78 is 7.44. The molecule has 0 spiro atoms. The van der Waals surface area contributed by atoms with Gasteiger partial charge < -0.3 is 20.2 Å². The van der Waals surface area contributed by atoms with Crippen LogP contribution in [0.2, 0.25) is 0 Å². The molecule has 0 unspecified atom stereocenters. The van der Waals surface area contributed by atoms with Gasteiger partial charge in [-0.1, -0.05) is 18.6 Å². The Bertz CT molecular complexity index is 2270. The average Bonchev–Trinajstić information content (AvgIpc) is 3.85. The predicted molar refractivity (Wildman–Crippen MR) is 194 cm³/mol. The lowest BCUT2D eigenvalue weighted by Crippen LogP contribution is -2.27. The van der Waals surface area contributed by atoms with Crippen LogP contribution in [0, 0.1) is 13.8 Å². The molecule has 15 heteroatoms. The van der Waals surface area contributed by atoms with E-state index in [2.05, 4.69) is 26.1 Å². The highest BCUT2D eigenvalue weighted by Gasteiger charge is 2.24. The number of primary amides is 1. The van der Waals surface area contributed by atoms with Crippen LogP contribution >= 0.6 is 0 Å². The molecule has 5 heterocycles. The molecule has 0 saturated carbocycles. The number of aromatic nitrogens is 8. The fraction of sp³-hybridized carbons (Fsp3) is 0.361. The zero-order chi connectivity index (χ0) is 35.6. The van der Waals surface area contributed by atoms with Crippen LogP contribution < -0.4 is 21.7 Å². The number of nitrogens with two attached hydrogens (primary N) is 1. The van der Waals surface area contributed by atoms with E-state index >= 15 is 0 Å². The molecule has 4 aromatic heterocycles. The average molecular weight is 691 g/mol. The summed E-state index contributed by atoms with van der Waals surface area (Å²) >= 11 is 0. The monoisotopic (exact) mass is 690 g/mol. The van der Waals surface area contributed by atoms with E-state index < -0.39 is 5.91 Å². The van der Waals surface area contributed by atoms with E-state index in [0.717, 1.165) is 52.8 Å². The van der Waals surface area contributed by atoms with Crippen molar-refractivity contribution in [1.82, 2.24) is 44.0 Å². The van der Waals surface area contributed by atoms with Crippen LogP contribution in [0.1, 0.15) is 74.5 Å². The summed E-state index contributed by atoms with van der Waals surface area (Å²) in [6, 6.07) is 14.7. The Morgan fingerprint density at radius 1 is 0.824 bits per heavy atom. The smallest absolute Gasteiger partial charge is 0.276 e. The molecular formula is C36H42N12O3. The SMILES string of the molecule is CCn1nc(C)c2c1C(=O)Nc1nc3cc(C(N)=O)ccc3n1CCNCCn1c(nc3ccccc31)NC(=O)c1cc(C)nn1CCCCC2. The first-order valence-electron chi connectivity index (χ1n) is 17.4. The van der Waals surface area contributed by atoms with E-state index in [4.69, 9.17) is 15.7 Å². The lowest BCUT2D eigenvalue weighted by molar-refractivity contribution is 0.0994. The summed E-state index contributed by atoms with van der Waals surface area (Å²) in [7, 11) is 0. The molecule has 7 rings (SSSR count). The zero-order valence-electron chi connectivity index (χ0n) is 29.1. The summed E-state index contributed by atoms with van der Waals surface area (Å²) in [6.07, 6.45) is 3.14. The molecule has 51 heavy (non-hydrogen) atoms. The first kappa shape index (κ1) is 33.7. The molecule has 1 aliphatic heterocycles. The van der Waals surface area contributed by atoms with E-state index in [9.17, 15) is 14.4 Å². The van der Waals surface area contributed by atoms with Gasteiger partial charge in [-0.2, -0.15) is 10.2 Å². The van der Waals surface area contributed by atoms with Crippen LogP contribution in [-0.2, 0) is 32.6 Å². The molecule has 0 fully saturated rings. The van der Waals surface area contributed by atoms with E-state index in [1.165, 1.54) is 0 Å². The predicted octanol–water partition coefficient (Wildman–Crippen LogP) is 4.04. The Hall–Kier alpha value is -5.83. The number of nitrogens with zero attached hydrogens (tertiary/aromatic N) is 8. The highest BCUT2D eigenvalue weighted by Crippen LogP contribution is 2.25. The molecule has 0 bridgehead atoms. The van der Waals surface area contributed by atoms with Gasteiger partial charge in [0.1, 0.15) is 11.4 Å². The molecule has 264 valence electrons. The third-order valence-corrected chi connectivity index (χ3v) is 9.36. The van der Waals surface area contributed by atoms with E-state index in [0.29, 0.717) is 80.1 Å². The van der Waals surface area contributed by atoms with Gasteiger partial charge in [0.2, 0.25) is 17.8 Å². The van der Waals surface area contributed by atoms with Crippen molar-refractivity contribution in [2.24, 2.45) is 5.73 Å². The minimum absolute atomic E-state index is 0.264. The van der Waals surface area contributed by atoms with E-state index in [1.807, 2.05) is 54.2 Å². The van der Waals surface area contributed by atoms with E-state index in [1.54, 1.807) is 33.6 Å². The highest BCUT2D eigenvalue weighted by atomic mass is 16.2. The van der Waals surface area contributed by atoms with Gasteiger partial charge in [-0.25, -0.2) is 9.97 Å². The normalized spacial score (nSPS) is 15.2. The van der Waals surface area contributed by atoms with Gasteiger partial charge in [-0.15, -0.1) is 0 Å². The molecule has 2 aromatic carbocycles. The number of para-hydroxylation sites is 2. The Morgan fingerprint density at radius 2 is 1.53 bits per heavy atom.